The van der Waals surface area contributed by atoms with Crippen LogP contribution in [0.15, 0.2) is 46.9 Å². The fraction of sp³-hybridized carbons (Fsp3) is 0.333. The average molecular weight is 437 g/mol. The van der Waals surface area contributed by atoms with Gasteiger partial charge in [0.15, 0.2) is 11.5 Å². The van der Waals surface area contributed by atoms with E-state index in [-0.39, 0.29) is 12.6 Å². The van der Waals surface area contributed by atoms with E-state index in [4.69, 9.17) is 14.2 Å². The first-order valence-electron chi connectivity index (χ1n) is 9.57. The third-order valence-corrected chi connectivity index (χ3v) is 4.05. The van der Waals surface area contributed by atoms with Crippen molar-refractivity contribution in [3.8, 4) is 17.2 Å². The predicted molar refractivity (Wildman–Crippen MR) is 106 cm³/mol. The first-order valence-corrected chi connectivity index (χ1v) is 9.57. The van der Waals surface area contributed by atoms with Gasteiger partial charge in [0, 0.05) is 6.54 Å². The van der Waals surface area contributed by atoms with Crippen LogP contribution in [0.1, 0.15) is 23.9 Å². The largest absolute Gasteiger partial charge is 0.490 e. The lowest BCUT2D eigenvalue weighted by molar-refractivity contribution is -0.156. The van der Waals surface area contributed by atoms with E-state index in [1.807, 2.05) is 38.1 Å². The summed E-state index contributed by atoms with van der Waals surface area (Å²) in [6.45, 7) is 5.10. The molecule has 0 radical (unpaired) electrons. The normalized spacial score (nSPS) is 11.3. The molecule has 0 spiro atoms. The molecule has 0 aliphatic heterocycles. The molecule has 7 nitrogen and oxygen atoms in total. The number of alkyl halides is 3. The third kappa shape index (κ3) is 6.53. The zero-order chi connectivity index (χ0) is 22.3. The molecule has 2 aromatic carbocycles. The molecule has 0 amide bonds. The Morgan fingerprint density at radius 3 is 2.35 bits per heavy atom. The van der Waals surface area contributed by atoms with E-state index in [0.29, 0.717) is 31.3 Å². The predicted octanol–water partition coefficient (Wildman–Crippen LogP) is 4.87. The van der Waals surface area contributed by atoms with Crippen LogP contribution in [-0.4, -0.2) is 30.0 Å². The molecule has 0 aliphatic carbocycles. The van der Waals surface area contributed by atoms with Crippen LogP contribution in [-0.2, 0) is 12.7 Å². The quantitative estimate of drug-likeness (QED) is 0.454. The first kappa shape index (κ1) is 22.3. The topological polar surface area (TPSA) is 78.6 Å². The Kier molecular flexibility index (Phi) is 7.22. The first-order chi connectivity index (χ1) is 14.8. The second-order valence-electron chi connectivity index (χ2n) is 6.49. The maximum atomic E-state index is 12.5. The smallest absolute Gasteiger partial charge is 0.470 e. The summed E-state index contributed by atoms with van der Waals surface area (Å²) in [7, 11) is 0. The number of aromatic nitrogens is 2. The summed E-state index contributed by atoms with van der Waals surface area (Å²) >= 11 is 0. The van der Waals surface area contributed by atoms with Gasteiger partial charge in [-0.1, -0.05) is 28.9 Å². The average Bonchev–Trinajstić information content (AvgIpc) is 3.22. The van der Waals surface area contributed by atoms with Crippen LogP contribution in [0.5, 0.6) is 17.2 Å². The summed E-state index contributed by atoms with van der Waals surface area (Å²) in [5.41, 5.74) is 1.89. The van der Waals surface area contributed by atoms with Gasteiger partial charge in [0.25, 0.3) is 0 Å². The second-order valence-corrected chi connectivity index (χ2v) is 6.49. The number of rotatable bonds is 10. The Balaban J connectivity index is 1.54. The Morgan fingerprint density at radius 1 is 0.935 bits per heavy atom. The van der Waals surface area contributed by atoms with Crippen molar-refractivity contribution < 1.29 is 31.8 Å². The van der Waals surface area contributed by atoms with Gasteiger partial charge in [-0.15, -0.1) is 5.10 Å². The summed E-state index contributed by atoms with van der Waals surface area (Å²) in [5.74, 6) is 0.408. The fourth-order valence-corrected chi connectivity index (χ4v) is 2.58. The van der Waals surface area contributed by atoms with Gasteiger partial charge >= 0.3 is 18.1 Å². The van der Waals surface area contributed by atoms with Crippen LogP contribution in [0.2, 0.25) is 0 Å². The molecule has 0 unspecified atom stereocenters. The Bertz CT molecular complexity index is 975. The number of benzene rings is 2. The molecule has 3 aromatic rings. The second kappa shape index (κ2) is 10.1. The highest BCUT2D eigenvalue weighted by Crippen LogP contribution is 2.30. The van der Waals surface area contributed by atoms with E-state index in [1.165, 1.54) is 0 Å². The number of hydrogen-bond acceptors (Lipinski definition) is 7. The van der Waals surface area contributed by atoms with Gasteiger partial charge in [-0.05, 0) is 43.7 Å². The highest BCUT2D eigenvalue weighted by Gasteiger charge is 2.38. The van der Waals surface area contributed by atoms with Crippen LogP contribution in [0.3, 0.4) is 0 Å². The summed E-state index contributed by atoms with van der Waals surface area (Å²) in [5, 5.41) is 8.96. The van der Waals surface area contributed by atoms with Crippen molar-refractivity contribution in [2.75, 3.05) is 25.1 Å². The standard InChI is InChI=1S/C21H22F3N3O4/c1-3-28-18-12-15(13-25-20-27-26-19(31-20)21(22,23)24)6-9-17(18)30-11-10-29-16-7-4-14(2)5-8-16/h4-9,12H,3,10-11,13H2,1-2H3,(H,25,27). The Morgan fingerprint density at radius 2 is 1.68 bits per heavy atom. The molecule has 0 bridgehead atoms. The number of nitrogens with zero attached hydrogens (tertiary/aromatic N) is 2. The lowest BCUT2D eigenvalue weighted by Gasteiger charge is -2.14. The van der Waals surface area contributed by atoms with Crippen molar-refractivity contribution in [1.29, 1.82) is 0 Å². The summed E-state index contributed by atoms with van der Waals surface area (Å²) in [6.07, 6.45) is -4.68. The van der Waals surface area contributed by atoms with E-state index in [2.05, 4.69) is 19.9 Å². The zero-order valence-corrected chi connectivity index (χ0v) is 17.0. The molecule has 1 aromatic heterocycles. The molecule has 31 heavy (non-hydrogen) atoms. The van der Waals surface area contributed by atoms with Crippen molar-refractivity contribution in [1.82, 2.24) is 10.2 Å². The minimum absolute atomic E-state index is 0.163. The Labute approximate surface area is 177 Å². The van der Waals surface area contributed by atoms with E-state index in [0.717, 1.165) is 16.9 Å². The van der Waals surface area contributed by atoms with Gasteiger partial charge < -0.3 is 23.9 Å². The third-order valence-electron chi connectivity index (χ3n) is 4.05. The van der Waals surface area contributed by atoms with E-state index < -0.39 is 12.1 Å². The van der Waals surface area contributed by atoms with Crippen LogP contribution in [0.4, 0.5) is 19.2 Å². The van der Waals surface area contributed by atoms with Crippen molar-refractivity contribution in [2.45, 2.75) is 26.6 Å². The van der Waals surface area contributed by atoms with E-state index in [1.54, 1.807) is 18.2 Å². The zero-order valence-electron chi connectivity index (χ0n) is 17.0. The highest BCUT2D eigenvalue weighted by atomic mass is 19.4. The number of anilines is 1. The number of ether oxygens (including phenoxy) is 3. The van der Waals surface area contributed by atoms with Crippen molar-refractivity contribution in [3.05, 3.63) is 59.5 Å². The molecule has 0 fully saturated rings. The van der Waals surface area contributed by atoms with Crippen molar-refractivity contribution >= 4 is 6.01 Å². The van der Waals surface area contributed by atoms with Crippen molar-refractivity contribution in [2.24, 2.45) is 0 Å². The molecule has 0 aliphatic rings. The van der Waals surface area contributed by atoms with Crippen LogP contribution >= 0.6 is 0 Å². The fourth-order valence-electron chi connectivity index (χ4n) is 2.58. The van der Waals surface area contributed by atoms with Crippen LogP contribution in [0.25, 0.3) is 0 Å². The van der Waals surface area contributed by atoms with Gasteiger partial charge in [-0.3, -0.25) is 0 Å². The molecular weight excluding hydrogens is 415 g/mol. The maximum Gasteiger partial charge on any atom is 0.470 e. The molecule has 0 saturated heterocycles. The van der Waals surface area contributed by atoms with Gasteiger partial charge in [-0.2, -0.15) is 13.2 Å². The SMILES string of the molecule is CCOc1cc(CNc2nnc(C(F)(F)F)o2)ccc1OCCOc1ccc(C)cc1. The minimum atomic E-state index is -4.68. The van der Waals surface area contributed by atoms with Gasteiger partial charge in [0.1, 0.15) is 19.0 Å². The van der Waals surface area contributed by atoms with E-state index >= 15 is 0 Å². The number of nitrogens with one attached hydrogen (secondary N) is 1. The van der Waals surface area contributed by atoms with E-state index in [9.17, 15) is 13.2 Å². The number of hydrogen-bond donors (Lipinski definition) is 1. The van der Waals surface area contributed by atoms with Crippen LogP contribution < -0.4 is 19.5 Å². The minimum Gasteiger partial charge on any atom is -0.490 e. The highest BCUT2D eigenvalue weighted by molar-refractivity contribution is 5.43. The number of halogens is 3. The molecule has 0 saturated carbocycles. The molecule has 0 atom stereocenters. The van der Waals surface area contributed by atoms with Crippen molar-refractivity contribution in [3.63, 3.8) is 0 Å². The lowest BCUT2D eigenvalue weighted by atomic mass is 10.2. The molecule has 1 heterocycles. The molecule has 166 valence electrons. The summed E-state index contributed by atoms with van der Waals surface area (Å²) in [6, 6.07) is 12.6. The van der Waals surface area contributed by atoms with Gasteiger partial charge in [-0.25, -0.2) is 0 Å². The molecule has 3 rings (SSSR count). The van der Waals surface area contributed by atoms with Gasteiger partial charge in [0.05, 0.1) is 6.61 Å². The summed E-state index contributed by atoms with van der Waals surface area (Å²) < 4.78 is 59.1. The van der Waals surface area contributed by atoms with Crippen LogP contribution in [0, 0.1) is 6.92 Å². The molecular formula is C21H22F3N3O4. The van der Waals surface area contributed by atoms with Gasteiger partial charge in [0.2, 0.25) is 0 Å². The maximum absolute atomic E-state index is 12.5. The lowest BCUT2D eigenvalue weighted by Crippen LogP contribution is -2.10. The monoisotopic (exact) mass is 437 g/mol. The number of aryl methyl sites for hydroxylation is 1. The summed E-state index contributed by atoms with van der Waals surface area (Å²) in [4.78, 5) is 0. The molecule has 1 N–H and O–H groups in total. The Hall–Kier alpha value is -3.43. The molecule has 10 heteroatoms.